The van der Waals surface area contributed by atoms with Crippen molar-refractivity contribution in [3.05, 3.63) is 36.0 Å². The zero-order valence-corrected chi connectivity index (χ0v) is 12.9. The summed E-state index contributed by atoms with van der Waals surface area (Å²) in [4.78, 5) is 25.1. The van der Waals surface area contributed by atoms with Crippen molar-refractivity contribution in [2.24, 2.45) is 0 Å². The minimum Gasteiger partial charge on any atom is -0.399 e. The van der Waals surface area contributed by atoms with E-state index in [9.17, 15) is 9.59 Å². The van der Waals surface area contributed by atoms with Crippen LogP contribution in [-0.4, -0.2) is 24.2 Å². The number of carbonyl (C=O) groups is 2. The number of nitrogens with one attached hydrogen (secondary N) is 1. The second-order valence-electron chi connectivity index (χ2n) is 4.42. The number of nitrogens with two attached hydrogens (primary N) is 1. The molecule has 0 aliphatic heterocycles. The van der Waals surface area contributed by atoms with Gasteiger partial charge in [0.05, 0.1) is 5.69 Å². The van der Waals surface area contributed by atoms with Crippen molar-refractivity contribution in [1.82, 2.24) is 5.32 Å². The summed E-state index contributed by atoms with van der Waals surface area (Å²) in [5, 5.41) is 11.9. The summed E-state index contributed by atoms with van der Waals surface area (Å²) >= 11 is 5.54. The number of benzene rings is 1. The molecule has 116 valence electrons. The summed E-state index contributed by atoms with van der Waals surface area (Å²) in [6.07, 6.45) is 1.99. The molecule has 0 aliphatic rings. The first-order valence-corrected chi connectivity index (χ1v) is 7.15. The summed E-state index contributed by atoms with van der Waals surface area (Å²) in [5.41, 5.74) is 6.29. The Morgan fingerprint density at radius 1 is 1.41 bits per heavy atom. The topological polar surface area (TPSA) is 99.2 Å². The monoisotopic (exact) mass is 320 g/mol. The van der Waals surface area contributed by atoms with Crippen molar-refractivity contribution in [2.45, 2.75) is 13.3 Å². The molecule has 0 unspecified atom stereocenters. The van der Waals surface area contributed by atoms with Gasteiger partial charge in [0.2, 0.25) is 5.91 Å². The number of hydrogen-bond acceptors (Lipinski definition) is 5. The molecule has 0 radical (unpaired) electrons. The Morgan fingerprint density at radius 2 is 2.05 bits per heavy atom. The number of anilines is 2. The van der Waals surface area contributed by atoms with Crippen LogP contribution in [0.15, 0.2) is 36.0 Å². The van der Waals surface area contributed by atoms with Gasteiger partial charge in [0, 0.05) is 31.2 Å². The maximum Gasteiger partial charge on any atom is 0.277 e. The molecule has 7 heteroatoms. The Bertz CT molecular complexity index is 605. The average molecular weight is 321 g/mol. The standard InChI is InChI=1S/C15H17ClN4O2/c1-11(21)20(14-5-3-13(18)4-6-14)15(22)12(9-17)10-19-8-2-7-16/h3-6,10,19H,2,7-8,18H2,1H3/b12-10-. The number of nitrogens with zero attached hydrogens (tertiary/aromatic N) is 2. The molecular weight excluding hydrogens is 304 g/mol. The smallest absolute Gasteiger partial charge is 0.277 e. The number of rotatable bonds is 6. The van der Waals surface area contributed by atoms with Crippen LogP contribution in [0.2, 0.25) is 0 Å². The third kappa shape index (κ3) is 4.79. The summed E-state index contributed by atoms with van der Waals surface area (Å²) in [7, 11) is 0. The van der Waals surface area contributed by atoms with Crippen molar-refractivity contribution in [1.29, 1.82) is 5.26 Å². The Balaban J connectivity index is 2.99. The molecule has 0 bridgehead atoms. The fourth-order valence-corrected chi connectivity index (χ4v) is 1.80. The minimum atomic E-state index is -0.696. The molecule has 1 rings (SSSR count). The van der Waals surface area contributed by atoms with Gasteiger partial charge in [-0.05, 0) is 30.7 Å². The molecule has 0 fully saturated rings. The van der Waals surface area contributed by atoms with Gasteiger partial charge in [0.15, 0.2) is 0 Å². The number of amides is 2. The van der Waals surface area contributed by atoms with Crippen molar-refractivity contribution in [3.8, 4) is 6.07 Å². The first-order chi connectivity index (χ1) is 10.5. The van der Waals surface area contributed by atoms with Crippen LogP contribution in [-0.2, 0) is 9.59 Å². The third-order valence-electron chi connectivity index (χ3n) is 2.72. The van der Waals surface area contributed by atoms with Crippen LogP contribution in [0.25, 0.3) is 0 Å². The number of nitriles is 1. The largest absolute Gasteiger partial charge is 0.399 e. The van der Waals surface area contributed by atoms with Crippen LogP contribution in [0.1, 0.15) is 13.3 Å². The summed E-state index contributed by atoms with van der Waals surface area (Å²) < 4.78 is 0. The number of alkyl halides is 1. The summed E-state index contributed by atoms with van der Waals surface area (Å²) in [6, 6.07) is 8.04. The zero-order chi connectivity index (χ0) is 16.5. The molecule has 6 nitrogen and oxygen atoms in total. The Labute approximate surface area is 134 Å². The van der Waals surface area contributed by atoms with Gasteiger partial charge in [-0.3, -0.25) is 9.59 Å². The number of imide groups is 1. The lowest BCUT2D eigenvalue weighted by atomic mass is 10.2. The highest BCUT2D eigenvalue weighted by Gasteiger charge is 2.23. The summed E-state index contributed by atoms with van der Waals surface area (Å²) in [5.74, 6) is -0.711. The first kappa shape index (κ1) is 17.5. The highest BCUT2D eigenvalue weighted by Crippen LogP contribution is 2.18. The quantitative estimate of drug-likeness (QED) is 0.273. The molecule has 0 atom stereocenters. The van der Waals surface area contributed by atoms with Gasteiger partial charge in [-0.2, -0.15) is 5.26 Å². The maximum absolute atomic E-state index is 12.4. The van der Waals surface area contributed by atoms with Crippen LogP contribution < -0.4 is 16.0 Å². The van der Waals surface area contributed by atoms with Crippen LogP contribution in [0.3, 0.4) is 0 Å². The number of hydrogen-bond donors (Lipinski definition) is 2. The molecule has 22 heavy (non-hydrogen) atoms. The Hall–Kier alpha value is -2.52. The van der Waals surface area contributed by atoms with E-state index >= 15 is 0 Å². The lowest BCUT2D eigenvalue weighted by molar-refractivity contribution is -0.123. The molecule has 2 amide bonds. The minimum absolute atomic E-state index is 0.165. The van der Waals surface area contributed by atoms with Crippen molar-refractivity contribution >= 4 is 34.8 Å². The molecule has 0 heterocycles. The second-order valence-corrected chi connectivity index (χ2v) is 4.80. The molecule has 3 N–H and O–H groups in total. The number of nitrogen functional groups attached to an aromatic ring is 1. The van der Waals surface area contributed by atoms with Gasteiger partial charge in [-0.25, -0.2) is 4.90 Å². The number of halogens is 1. The molecule has 1 aromatic carbocycles. The van der Waals surface area contributed by atoms with Crippen molar-refractivity contribution < 1.29 is 9.59 Å². The van der Waals surface area contributed by atoms with Crippen LogP contribution in [0.5, 0.6) is 0 Å². The van der Waals surface area contributed by atoms with Gasteiger partial charge in [-0.1, -0.05) is 0 Å². The maximum atomic E-state index is 12.4. The van der Waals surface area contributed by atoms with E-state index in [4.69, 9.17) is 22.6 Å². The Morgan fingerprint density at radius 3 is 2.55 bits per heavy atom. The normalized spacial score (nSPS) is 10.7. The van der Waals surface area contributed by atoms with E-state index in [1.165, 1.54) is 13.1 Å². The number of carbonyl (C=O) groups excluding carboxylic acids is 2. The first-order valence-electron chi connectivity index (χ1n) is 6.61. The van der Waals surface area contributed by atoms with Gasteiger partial charge in [-0.15, -0.1) is 11.6 Å². The van der Waals surface area contributed by atoms with E-state index in [2.05, 4.69) is 5.32 Å². The predicted molar refractivity (Wildman–Crippen MR) is 86.1 cm³/mol. The Kier molecular flexibility index (Phi) is 6.93. The molecule has 1 aromatic rings. The van der Waals surface area contributed by atoms with Crippen molar-refractivity contribution in [3.63, 3.8) is 0 Å². The third-order valence-corrected chi connectivity index (χ3v) is 2.99. The van der Waals surface area contributed by atoms with E-state index in [1.54, 1.807) is 30.3 Å². The predicted octanol–water partition coefficient (Wildman–Crippen LogP) is 1.77. The molecular formula is C15H17ClN4O2. The summed E-state index contributed by atoms with van der Waals surface area (Å²) in [6.45, 7) is 1.79. The van der Waals surface area contributed by atoms with Gasteiger partial charge < -0.3 is 11.1 Å². The molecule has 0 aliphatic carbocycles. The van der Waals surface area contributed by atoms with E-state index < -0.39 is 11.8 Å². The SMILES string of the molecule is CC(=O)N(C(=O)/C(C#N)=C\NCCCCl)c1ccc(N)cc1. The van der Waals surface area contributed by atoms with E-state index in [0.29, 0.717) is 30.2 Å². The fraction of sp³-hybridized carbons (Fsp3) is 0.267. The average Bonchev–Trinajstić information content (AvgIpc) is 2.49. The molecule has 0 saturated carbocycles. The second kappa shape index (κ2) is 8.70. The van der Waals surface area contributed by atoms with Gasteiger partial charge in [0.1, 0.15) is 11.6 Å². The van der Waals surface area contributed by atoms with Gasteiger partial charge in [0.25, 0.3) is 5.91 Å². The van der Waals surface area contributed by atoms with Crippen LogP contribution in [0.4, 0.5) is 11.4 Å². The van der Waals surface area contributed by atoms with E-state index in [-0.39, 0.29) is 5.57 Å². The highest BCUT2D eigenvalue weighted by atomic mass is 35.5. The van der Waals surface area contributed by atoms with Crippen molar-refractivity contribution in [2.75, 3.05) is 23.1 Å². The fourth-order valence-electron chi connectivity index (χ4n) is 1.67. The zero-order valence-electron chi connectivity index (χ0n) is 12.2. The van der Waals surface area contributed by atoms with E-state index in [0.717, 1.165) is 4.90 Å². The van der Waals surface area contributed by atoms with Gasteiger partial charge >= 0.3 is 0 Å². The van der Waals surface area contributed by atoms with Crippen LogP contribution in [0, 0.1) is 11.3 Å². The molecule has 0 spiro atoms. The van der Waals surface area contributed by atoms with Crippen LogP contribution >= 0.6 is 11.6 Å². The highest BCUT2D eigenvalue weighted by molar-refractivity contribution is 6.21. The molecule has 0 aromatic heterocycles. The lowest BCUT2D eigenvalue weighted by Crippen LogP contribution is -2.36. The molecule has 0 saturated heterocycles. The lowest BCUT2D eigenvalue weighted by Gasteiger charge is -2.19. The van der Waals surface area contributed by atoms with E-state index in [1.807, 2.05) is 0 Å².